The Labute approximate surface area is 138 Å². The van der Waals surface area contributed by atoms with E-state index in [1.807, 2.05) is 6.92 Å². The molecular formula is C18H17FN2O3. The Balaban J connectivity index is 2.41. The van der Waals surface area contributed by atoms with Crippen LogP contribution in [0.3, 0.4) is 0 Å². The van der Waals surface area contributed by atoms with Gasteiger partial charge in [0.2, 0.25) is 5.95 Å². The molecule has 3 rings (SSSR count). The SMILES string of the molecule is CCn1cc(-c2ccc(F)nc2)c2cc(OC)c(OC)cc2c1=O. The minimum absolute atomic E-state index is 0.118. The van der Waals surface area contributed by atoms with Crippen LogP contribution >= 0.6 is 0 Å². The normalized spacial score (nSPS) is 10.8. The third-order valence-electron chi connectivity index (χ3n) is 3.97. The molecule has 2 aromatic heterocycles. The van der Waals surface area contributed by atoms with Crippen molar-refractivity contribution in [2.45, 2.75) is 13.5 Å². The lowest BCUT2D eigenvalue weighted by molar-refractivity contribution is 0.356. The van der Waals surface area contributed by atoms with Crippen molar-refractivity contribution in [1.29, 1.82) is 0 Å². The number of ether oxygens (including phenoxy) is 2. The van der Waals surface area contributed by atoms with Crippen molar-refractivity contribution < 1.29 is 13.9 Å². The fraction of sp³-hybridized carbons (Fsp3) is 0.222. The third-order valence-corrected chi connectivity index (χ3v) is 3.97. The molecule has 24 heavy (non-hydrogen) atoms. The first-order valence-electron chi connectivity index (χ1n) is 7.50. The highest BCUT2D eigenvalue weighted by molar-refractivity contribution is 5.97. The van der Waals surface area contributed by atoms with Gasteiger partial charge in [-0.1, -0.05) is 0 Å². The van der Waals surface area contributed by atoms with Crippen LogP contribution in [0.1, 0.15) is 6.92 Å². The maximum absolute atomic E-state index is 13.1. The Hall–Kier alpha value is -2.89. The molecule has 0 unspecified atom stereocenters. The van der Waals surface area contributed by atoms with Crippen LogP contribution < -0.4 is 15.0 Å². The van der Waals surface area contributed by atoms with Crippen LogP contribution in [0.2, 0.25) is 0 Å². The fourth-order valence-electron chi connectivity index (χ4n) is 2.72. The van der Waals surface area contributed by atoms with Gasteiger partial charge in [-0.25, -0.2) is 4.98 Å². The van der Waals surface area contributed by atoms with E-state index in [2.05, 4.69) is 4.98 Å². The topological polar surface area (TPSA) is 53.4 Å². The largest absolute Gasteiger partial charge is 0.493 e. The van der Waals surface area contributed by atoms with Gasteiger partial charge in [0, 0.05) is 35.5 Å². The van der Waals surface area contributed by atoms with Crippen LogP contribution in [-0.2, 0) is 6.54 Å². The average Bonchev–Trinajstić information content (AvgIpc) is 2.62. The Morgan fingerprint density at radius 3 is 2.33 bits per heavy atom. The number of pyridine rings is 2. The molecule has 0 saturated heterocycles. The molecule has 124 valence electrons. The first-order valence-corrected chi connectivity index (χ1v) is 7.50. The van der Waals surface area contributed by atoms with E-state index >= 15 is 0 Å². The second kappa shape index (κ2) is 6.31. The summed E-state index contributed by atoms with van der Waals surface area (Å²) in [7, 11) is 3.06. The van der Waals surface area contributed by atoms with E-state index in [-0.39, 0.29) is 5.56 Å². The van der Waals surface area contributed by atoms with Gasteiger partial charge in [0.1, 0.15) is 0 Å². The number of rotatable bonds is 4. The summed E-state index contributed by atoms with van der Waals surface area (Å²) in [5.41, 5.74) is 1.38. The Morgan fingerprint density at radius 2 is 1.79 bits per heavy atom. The Morgan fingerprint density at radius 1 is 1.12 bits per heavy atom. The number of nitrogens with zero attached hydrogens (tertiary/aromatic N) is 2. The van der Waals surface area contributed by atoms with E-state index in [4.69, 9.17) is 9.47 Å². The van der Waals surface area contributed by atoms with Gasteiger partial charge in [-0.15, -0.1) is 0 Å². The minimum Gasteiger partial charge on any atom is -0.493 e. The molecule has 3 aromatic rings. The molecule has 0 amide bonds. The molecule has 0 bridgehead atoms. The van der Waals surface area contributed by atoms with E-state index in [0.29, 0.717) is 28.8 Å². The summed E-state index contributed by atoms with van der Waals surface area (Å²) in [6, 6.07) is 6.36. The molecule has 0 aliphatic heterocycles. The highest BCUT2D eigenvalue weighted by Crippen LogP contribution is 2.35. The monoisotopic (exact) mass is 328 g/mol. The summed E-state index contributed by atoms with van der Waals surface area (Å²) in [5.74, 6) is 0.459. The molecule has 0 spiro atoms. The molecule has 0 atom stereocenters. The van der Waals surface area contributed by atoms with Crippen LogP contribution in [0, 0.1) is 5.95 Å². The van der Waals surface area contributed by atoms with Crippen molar-refractivity contribution >= 4 is 10.8 Å². The van der Waals surface area contributed by atoms with Crippen molar-refractivity contribution in [3.63, 3.8) is 0 Å². The lowest BCUT2D eigenvalue weighted by Crippen LogP contribution is -2.19. The van der Waals surface area contributed by atoms with Gasteiger partial charge in [-0.3, -0.25) is 4.79 Å². The van der Waals surface area contributed by atoms with Gasteiger partial charge in [0.05, 0.1) is 19.6 Å². The first kappa shape index (κ1) is 16.0. The molecule has 2 heterocycles. The lowest BCUT2D eigenvalue weighted by Gasteiger charge is -2.14. The van der Waals surface area contributed by atoms with Crippen molar-refractivity contribution in [2.75, 3.05) is 14.2 Å². The lowest BCUT2D eigenvalue weighted by atomic mass is 10.0. The van der Waals surface area contributed by atoms with Gasteiger partial charge >= 0.3 is 0 Å². The van der Waals surface area contributed by atoms with E-state index in [1.54, 1.807) is 29.0 Å². The second-order valence-corrected chi connectivity index (χ2v) is 5.26. The molecule has 0 radical (unpaired) electrons. The molecule has 0 aliphatic carbocycles. The van der Waals surface area contributed by atoms with E-state index in [1.165, 1.54) is 26.5 Å². The minimum atomic E-state index is -0.550. The molecule has 0 aliphatic rings. The highest BCUT2D eigenvalue weighted by atomic mass is 19.1. The second-order valence-electron chi connectivity index (χ2n) is 5.26. The van der Waals surface area contributed by atoms with Crippen LogP contribution in [0.4, 0.5) is 4.39 Å². The summed E-state index contributed by atoms with van der Waals surface area (Å²) in [5, 5.41) is 1.21. The van der Waals surface area contributed by atoms with Gasteiger partial charge in [-0.2, -0.15) is 4.39 Å². The van der Waals surface area contributed by atoms with Crippen LogP contribution in [0.15, 0.2) is 41.5 Å². The van der Waals surface area contributed by atoms with Gasteiger partial charge < -0.3 is 14.0 Å². The fourth-order valence-corrected chi connectivity index (χ4v) is 2.72. The summed E-state index contributed by atoms with van der Waals surface area (Å²) in [6.45, 7) is 2.41. The van der Waals surface area contributed by atoms with Crippen molar-refractivity contribution in [1.82, 2.24) is 9.55 Å². The number of hydrogen-bond donors (Lipinski definition) is 0. The zero-order valence-corrected chi connectivity index (χ0v) is 13.7. The smallest absolute Gasteiger partial charge is 0.258 e. The third kappa shape index (κ3) is 2.60. The quantitative estimate of drug-likeness (QED) is 0.690. The van der Waals surface area contributed by atoms with E-state index < -0.39 is 5.95 Å². The summed E-state index contributed by atoms with van der Waals surface area (Å²) >= 11 is 0. The molecule has 0 N–H and O–H groups in total. The zero-order valence-electron chi connectivity index (χ0n) is 13.7. The Bertz CT molecular complexity index is 949. The predicted octanol–water partition coefficient (Wildman–Crippen LogP) is 3.24. The van der Waals surface area contributed by atoms with Crippen molar-refractivity contribution in [2.24, 2.45) is 0 Å². The number of benzene rings is 1. The summed E-state index contributed by atoms with van der Waals surface area (Å²) in [6.07, 6.45) is 3.21. The number of aromatic nitrogens is 2. The average molecular weight is 328 g/mol. The molecule has 0 fully saturated rings. The maximum atomic E-state index is 13.1. The summed E-state index contributed by atoms with van der Waals surface area (Å²) < 4.78 is 25.4. The molecule has 1 aromatic carbocycles. The molecule has 5 nitrogen and oxygen atoms in total. The number of halogens is 1. The predicted molar refractivity (Wildman–Crippen MR) is 90.2 cm³/mol. The zero-order chi connectivity index (χ0) is 17.3. The highest BCUT2D eigenvalue weighted by Gasteiger charge is 2.15. The standard InChI is InChI=1S/C18H17FN2O3/c1-4-21-10-14(11-5-6-17(19)20-9-11)12-7-15(23-2)16(24-3)8-13(12)18(21)22/h5-10H,4H2,1-3H3. The van der Waals surface area contributed by atoms with Crippen LogP contribution in [0.5, 0.6) is 11.5 Å². The Kier molecular flexibility index (Phi) is 4.20. The van der Waals surface area contributed by atoms with Crippen molar-refractivity contribution in [3.05, 3.63) is 53.0 Å². The number of aryl methyl sites for hydroxylation is 1. The van der Waals surface area contributed by atoms with Crippen LogP contribution in [0.25, 0.3) is 21.9 Å². The van der Waals surface area contributed by atoms with Gasteiger partial charge in [0.25, 0.3) is 5.56 Å². The summed E-state index contributed by atoms with van der Waals surface area (Å²) in [4.78, 5) is 16.4. The molecule has 6 heteroatoms. The number of hydrogen-bond acceptors (Lipinski definition) is 4. The van der Waals surface area contributed by atoms with Crippen LogP contribution in [-0.4, -0.2) is 23.8 Å². The van der Waals surface area contributed by atoms with E-state index in [9.17, 15) is 9.18 Å². The first-order chi connectivity index (χ1) is 11.6. The maximum Gasteiger partial charge on any atom is 0.258 e. The van der Waals surface area contributed by atoms with E-state index in [0.717, 1.165) is 11.1 Å². The molecular weight excluding hydrogens is 311 g/mol. The van der Waals surface area contributed by atoms with Crippen molar-refractivity contribution in [3.8, 4) is 22.6 Å². The van der Waals surface area contributed by atoms with Gasteiger partial charge in [-0.05, 0) is 31.2 Å². The number of fused-ring (bicyclic) bond motifs is 1. The van der Waals surface area contributed by atoms with Gasteiger partial charge in [0.15, 0.2) is 11.5 Å². The molecule has 0 saturated carbocycles. The number of methoxy groups -OCH3 is 2.